The second kappa shape index (κ2) is 13.0. The molecule has 10 heteroatoms. The lowest BCUT2D eigenvalue weighted by Gasteiger charge is -2.29. The molecule has 1 aromatic rings. The molecule has 0 spiro atoms. The number of hydrogen-bond donors (Lipinski definition) is 2. The molecule has 0 amide bonds. The highest BCUT2D eigenvalue weighted by molar-refractivity contribution is 8.03. The van der Waals surface area contributed by atoms with Gasteiger partial charge in [-0.3, -0.25) is 0 Å². The zero-order valence-corrected chi connectivity index (χ0v) is 22.5. The maximum absolute atomic E-state index is 13.0. The number of aliphatic hydroxyl groups is 2. The van der Waals surface area contributed by atoms with Crippen molar-refractivity contribution in [3.63, 3.8) is 0 Å². The van der Waals surface area contributed by atoms with Gasteiger partial charge in [0, 0.05) is 22.0 Å². The van der Waals surface area contributed by atoms with Crippen LogP contribution in [-0.4, -0.2) is 58.1 Å². The molecule has 0 saturated carbocycles. The van der Waals surface area contributed by atoms with E-state index in [0.29, 0.717) is 12.2 Å². The number of hydrogen-bond acceptors (Lipinski definition) is 7. The maximum atomic E-state index is 13.0. The summed E-state index contributed by atoms with van der Waals surface area (Å²) in [7, 11) is 0. The van der Waals surface area contributed by atoms with Crippen molar-refractivity contribution in [3.8, 4) is 0 Å². The van der Waals surface area contributed by atoms with Crippen molar-refractivity contribution in [1.82, 2.24) is 13.7 Å². The Labute approximate surface area is 205 Å². The first-order chi connectivity index (χ1) is 15.3. The van der Waals surface area contributed by atoms with Crippen molar-refractivity contribution in [2.75, 3.05) is 17.3 Å². The monoisotopic (exact) mass is 503 g/mol. The highest BCUT2D eigenvalue weighted by Crippen LogP contribution is 2.28. The first-order valence-electron chi connectivity index (χ1n) is 11.4. The Kier molecular flexibility index (Phi) is 11.8. The molecule has 0 bridgehead atoms. The van der Waals surface area contributed by atoms with Crippen LogP contribution in [0.3, 0.4) is 0 Å². The molecular formula is C23H41N3O5S2. The van der Waals surface area contributed by atoms with Crippen molar-refractivity contribution in [3.05, 3.63) is 44.1 Å². The number of rotatable bonds is 15. The molecule has 1 heterocycles. The third-order valence-corrected chi connectivity index (χ3v) is 8.99. The topological polar surface area (TPSA) is 106 Å². The molecule has 33 heavy (non-hydrogen) atoms. The molecule has 190 valence electrons. The van der Waals surface area contributed by atoms with Crippen LogP contribution in [0.5, 0.6) is 0 Å². The van der Waals surface area contributed by atoms with Crippen LogP contribution < -0.4 is 17.1 Å². The van der Waals surface area contributed by atoms with Crippen molar-refractivity contribution >= 4 is 23.5 Å². The second-order valence-corrected chi connectivity index (χ2v) is 12.5. The van der Waals surface area contributed by atoms with Crippen molar-refractivity contribution in [2.45, 2.75) is 91.0 Å². The molecule has 1 rings (SSSR count). The summed E-state index contributed by atoms with van der Waals surface area (Å²) in [6.45, 7) is 15.2. The van der Waals surface area contributed by atoms with Crippen LogP contribution in [-0.2, 0) is 19.6 Å². The van der Waals surface area contributed by atoms with Gasteiger partial charge >= 0.3 is 17.1 Å². The summed E-state index contributed by atoms with van der Waals surface area (Å²) < 4.78 is 2.89. The van der Waals surface area contributed by atoms with Gasteiger partial charge in [-0.2, -0.15) is 23.5 Å². The van der Waals surface area contributed by atoms with Gasteiger partial charge in [-0.25, -0.2) is 28.1 Å². The lowest BCUT2D eigenvalue weighted by atomic mass is 9.84. The van der Waals surface area contributed by atoms with Crippen LogP contribution in [0.2, 0.25) is 0 Å². The van der Waals surface area contributed by atoms with Gasteiger partial charge in [-0.1, -0.05) is 47.6 Å². The van der Waals surface area contributed by atoms with Gasteiger partial charge in [0.25, 0.3) is 0 Å². The van der Waals surface area contributed by atoms with E-state index in [1.54, 1.807) is 11.8 Å². The summed E-state index contributed by atoms with van der Waals surface area (Å²) in [5.41, 5.74) is -2.90. The fourth-order valence-electron chi connectivity index (χ4n) is 2.90. The Morgan fingerprint density at radius 3 is 1.97 bits per heavy atom. The molecule has 2 N–H and O–H groups in total. The highest BCUT2D eigenvalue weighted by Gasteiger charge is 2.28. The van der Waals surface area contributed by atoms with Crippen LogP contribution in [0.1, 0.15) is 54.4 Å². The summed E-state index contributed by atoms with van der Waals surface area (Å²) in [4.78, 5) is 38.7. The summed E-state index contributed by atoms with van der Waals surface area (Å²) in [6, 6.07) is 0. The maximum Gasteiger partial charge on any atom is 0.336 e. The highest BCUT2D eigenvalue weighted by atomic mass is 32.2. The minimum atomic E-state index is -0.957. The van der Waals surface area contributed by atoms with Crippen LogP contribution in [0.15, 0.2) is 27.0 Å². The fraction of sp³-hybridized carbons (Fsp3) is 0.783. The summed E-state index contributed by atoms with van der Waals surface area (Å²) in [5.74, 6) is 2.16. The summed E-state index contributed by atoms with van der Waals surface area (Å²) in [6.07, 6.45) is 1.24. The van der Waals surface area contributed by atoms with E-state index in [0.717, 1.165) is 31.6 Å². The molecule has 0 fully saturated rings. The van der Waals surface area contributed by atoms with Crippen LogP contribution >= 0.6 is 23.5 Å². The van der Waals surface area contributed by atoms with Gasteiger partial charge in [0.1, 0.15) is 0 Å². The predicted molar refractivity (Wildman–Crippen MR) is 140 cm³/mol. The number of aromatic nitrogens is 3. The average Bonchev–Trinajstić information content (AvgIpc) is 2.76. The Morgan fingerprint density at radius 1 is 0.909 bits per heavy atom. The SMILES string of the molecule is C=CCn1c(=O)n(CC(O)CSCCSC(C)(C)CC)c(=O)n(CC(O)C(C)(C)CC)c1=O. The van der Waals surface area contributed by atoms with E-state index in [9.17, 15) is 24.6 Å². The number of aliphatic hydroxyl groups excluding tert-OH is 2. The lowest BCUT2D eigenvalue weighted by Crippen LogP contribution is -2.57. The van der Waals surface area contributed by atoms with E-state index in [1.165, 1.54) is 6.08 Å². The molecule has 0 saturated heterocycles. The van der Waals surface area contributed by atoms with Gasteiger partial charge in [0.15, 0.2) is 0 Å². The largest absolute Gasteiger partial charge is 0.391 e. The zero-order valence-electron chi connectivity index (χ0n) is 20.9. The minimum absolute atomic E-state index is 0.0690. The van der Waals surface area contributed by atoms with Gasteiger partial charge in [0.05, 0.1) is 31.8 Å². The van der Waals surface area contributed by atoms with Crippen LogP contribution in [0, 0.1) is 5.41 Å². The molecule has 8 nitrogen and oxygen atoms in total. The molecule has 2 atom stereocenters. The van der Waals surface area contributed by atoms with Crippen molar-refractivity contribution in [1.29, 1.82) is 0 Å². The average molecular weight is 504 g/mol. The summed E-state index contributed by atoms with van der Waals surface area (Å²) in [5, 5.41) is 21.1. The van der Waals surface area contributed by atoms with E-state index < -0.39 is 34.7 Å². The number of allylic oxidation sites excluding steroid dienone is 1. The van der Waals surface area contributed by atoms with Gasteiger partial charge in [-0.05, 0) is 18.3 Å². The van der Waals surface area contributed by atoms with E-state index in [2.05, 4.69) is 27.4 Å². The van der Waals surface area contributed by atoms with E-state index >= 15 is 0 Å². The Hall–Kier alpha value is -1.23. The number of nitrogens with zero attached hydrogens (tertiary/aromatic N) is 3. The number of thioether (sulfide) groups is 2. The molecule has 0 aliphatic rings. The molecule has 2 unspecified atom stereocenters. The molecule has 0 radical (unpaired) electrons. The summed E-state index contributed by atoms with van der Waals surface area (Å²) >= 11 is 3.44. The normalized spacial score (nSPS) is 14.3. The second-order valence-electron chi connectivity index (χ2n) is 9.52. The van der Waals surface area contributed by atoms with Gasteiger partial charge in [-0.15, -0.1) is 6.58 Å². The standard InChI is InChI=1S/C23H41N3O5S2/c1-8-11-24-19(29)25(14-17(27)16-32-12-13-33-23(6,7)10-3)21(31)26(20(24)30)15-18(28)22(4,5)9-2/h8,17-18,27-28H,1,9-16H2,2-7H3. The fourth-order valence-corrected chi connectivity index (χ4v) is 5.00. The van der Waals surface area contributed by atoms with Gasteiger partial charge in [0.2, 0.25) is 0 Å². The van der Waals surface area contributed by atoms with E-state index in [-0.39, 0.29) is 24.4 Å². The smallest absolute Gasteiger partial charge is 0.336 e. The molecule has 0 aliphatic carbocycles. The Bertz CT molecular complexity index is 949. The Morgan fingerprint density at radius 2 is 1.45 bits per heavy atom. The molecule has 1 aromatic heterocycles. The first-order valence-corrected chi connectivity index (χ1v) is 13.6. The Balaban J connectivity index is 3.07. The van der Waals surface area contributed by atoms with Crippen LogP contribution in [0.25, 0.3) is 0 Å². The predicted octanol–water partition coefficient (Wildman–Crippen LogP) is 2.17. The molecule has 0 aromatic carbocycles. The molecule has 0 aliphatic heterocycles. The van der Waals surface area contributed by atoms with Crippen molar-refractivity contribution in [2.24, 2.45) is 5.41 Å². The van der Waals surface area contributed by atoms with Gasteiger partial charge < -0.3 is 10.2 Å². The van der Waals surface area contributed by atoms with E-state index in [1.807, 2.05) is 32.5 Å². The lowest BCUT2D eigenvalue weighted by molar-refractivity contribution is 0.0301. The quantitative estimate of drug-likeness (QED) is 0.279. The minimum Gasteiger partial charge on any atom is -0.391 e. The molecular weight excluding hydrogens is 462 g/mol. The first kappa shape index (κ1) is 29.8. The third kappa shape index (κ3) is 8.49. The van der Waals surface area contributed by atoms with Crippen LogP contribution in [0.4, 0.5) is 0 Å². The zero-order chi connectivity index (χ0) is 25.4. The van der Waals surface area contributed by atoms with Crippen molar-refractivity contribution < 1.29 is 10.2 Å². The van der Waals surface area contributed by atoms with E-state index in [4.69, 9.17) is 0 Å². The third-order valence-electron chi connectivity index (χ3n) is 6.14.